The van der Waals surface area contributed by atoms with Gasteiger partial charge in [-0.25, -0.2) is 13.8 Å². The maximum atomic E-state index is 14.1. The summed E-state index contributed by atoms with van der Waals surface area (Å²) in [5.74, 6) is -2.37. The zero-order valence-corrected chi connectivity index (χ0v) is 12.7. The second-order valence-corrected chi connectivity index (χ2v) is 5.55. The number of aromatic nitrogens is 2. The van der Waals surface area contributed by atoms with E-state index in [-0.39, 0.29) is 10.6 Å². The van der Waals surface area contributed by atoms with Crippen LogP contribution in [-0.4, -0.2) is 17.1 Å². The van der Waals surface area contributed by atoms with Gasteiger partial charge < -0.3 is 4.74 Å². The standard InChI is InChI=1S/C16H9F2N3OS/c1-22-12-6-13(16(18)15(17)9(12)7-19)23-14-8-20-10-4-2-3-5-11(10)21-14/h2-6,8H,1H3. The Morgan fingerprint density at radius 3 is 2.61 bits per heavy atom. The van der Waals surface area contributed by atoms with Gasteiger partial charge in [-0.05, 0) is 18.2 Å². The Hall–Kier alpha value is -2.72. The number of nitriles is 1. The molecule has 0 aliphatic carbocycles. The van der Waals surface area contributed by atoms with Gasteiger partial charge >= 0.3 is 0 Å². The highest BCUT2D eigenvalue weighted by molar-refractivity contribution is 7.99. The number of rotatable bonds is 3. The predicted molar refractivity (Wildman–Crippen MR) is 81.3 cm³/mol. The number of nitrogens with zero attached hydrogens (tertiary/aromatic N) is 3. The first-order valence-corrected chi connectivity index (χ1v) is 7.31. The number of hydrogen-bond donors (Lipinski definition) is 0. The minimum absolute atomic E-state index is 0.0251. The highest BCUT2D eigenvalue weighted by atomic mass is 32.2. The third-order valence-corrected chi connectivity index (χ3v) is 4.03. The Balaban J connectivity index is 2.04. The van der Waals surface area contributed by atoms with Gasteiger partial charge in [0.1, 0.15) is 22.4 Å². The maximum Gasteiger partial charge on any atom is 0.181 e. The first-order chi connectivity index (χ1) is 11.1. The Morgan fingerprint density at radius 1 is 1.17 bits per heavy atom. The van der Waals surface area contributed by atoms with Crippen LogP contribution in [0, 0.1) is 23.0 Å². The molecule has 0 amide bonds. The van der Waals surface area contributed by atoms with E-state index in [0.717, 1.165) is 11.8 Å². The number of halogens is 2. The Bertz CT molecular complexity index is 940. The fourth-order valence-electron chi connectivity index (χ4n) is 2.02. The zero-order chi connectivity index (χ0) is 16.4. The summed E-state index contributed by atoms with van der Waals surface area (Å²) in [7, 11) is 1.29. The number of methoxy groups -OCH3 is 1. The molecule has 7 heteroatoms. The highest BCUT2D eigenvalue weighted by Crippen LogP contribution is 2.35. The molecule has 0 saturated carbocycles. The zero-order valence-electron chi connectivity index (χ0n) is 11.9. The van der Waals surface area contributed by atoms with Crippen LogP contribution in [0.2, 0.25) is 0 Å². The summed E-state index contributed by atoms with van der Waals surface area (Å²) in [6.45, 7) is 0. The van der Waals surface area contributed by atoms with Crippen molar-refractivity contribution < 1.29 is 13.5 Å². The first kappa shape index (κ1) is 15.2. The minimum atomic E-state index is -1.23. The molecule has 1 aromatic heterocycles. The summed E-state index contributed by atoms with van der Waals surface area (Å²) in [5.41, 5.74) is 0.902. The van der Waals surface area contributed by atoms with Crippen LogP contribution in [0.1, 0.15) is 5.56 Å². The van der Waals surface area contributed by atoms with Crippen molar-refractivity contribution in [2.45, 2.75) is 9.92 Å². The second kappa shape index (κ2) is 6.18. The van der Waals surface area contributed by atoms with Gasteiger partial charge in [0, 0.05) is 0 Å². The molecule has 0 bridgehead atoms. The van der Waals surface area contributed by atoms with Crippen LogP contribution in [0.3, 0.4) is 0 Å². The maximum absolute atomic E-state index is 14.1. The predicted octanol–water partition coefficient (Wildman–Crippen LogP) is 3.94. The van der Waals surface area contributed by atoms with Gasteiger partial charge in [-0.1, -0.05) is 23.9 Å². The summed E-state index contributed by atoms with van der Waals surface area (Å²) >= 11 is 0.914. The molecule has 23 heavy (non-hydrogen) atoms. The van der Waals surface area contributed by atoms with Gasteiger partial charge in [-0.3, -0.25) is 4.98 Å². The molecule has 2 aromatic carbocycles. The average Bonchev–Trinajstić information content (AvgIpc) is 2.58. The van der Waals surface area contributed by atoms with Gasteiger partial charge in [0.2, 0.25) is 0 Å². The van der Waals surface area contributed by atoms with E-state index in [1.54, 1.807) is 12.1 Å². The van der Waals surface area contributed by atoms with Crippen molar-refractivity contribution in [3.05, 3.63) is 53.7 Å². The quantitative estimate of drug-likeness (QED) is 0.728. The monoisotopic (exact) mass is 329 g/mol. The molecule has 0 atom stereocenters. The van der Waals surface area contributed by atoms with Crippen LogP contribution < -0.4 is 4.74 Å². The van der Waals surface area contributed by atoms with Crippen molar-refractivity contribution in [1.82, 2.24) is 9.97 Å². The summed E-state index contributed by atoms with van der Waals surface area (Å²) < 4.78 is 33.0. The second-order valence-electron chi connectivity index (χ2n) is 4.49. The summed E-state index contributed by atoms with van der Waals surface area (Å²) in [6, 6.07) is 10.1. The summed E-state index contributed by atoms with van der Waals surface area (Å²) in [5, 5.41) is 9.30. The van der Waals surface area contributed by atoms with Crippen LogP contribution in [0.5, 0.6) is 5.75 Å². The lowest BCUT2D eigenvalue weighted by molar-refractivity contribution is 0.400. The van der Waals surface area contributed by atoms with Crippen molar-refractivity contribution in [3.8, 4) is 11.8 Å². The van der Waals surface area contributed by atoms with E-state index < -0.39 is 17.2 Å². The summed E-state index contributed by atoms with van der Waals surface area (Å²) in [4.78, 5) is 8.54. The van der Waals surface area contributed by atoms with E-state index >= 15 is 0 Å². The van der Waals surface area contributed by atoms with Gasteiger partial charge in [0.25, 0.3) is 0 Å². The molecule has 0 saturated heterocycles. The summed E-state index contributed by atoms with van der Waals surface area (Å²) in [6.07, 6.45) is 1.48. The molecule has 3 rings (SSSR count). The Morgan fingerprint density at radius 2 is 1.91 bits per heavy atom. The molecule has 1 heterocycles. The van der Waals surface area contributed by atoms with E-state index in [4.69, 9.17) is 10.00 Å². The smallest absolute Gasteiger partial charge is 0.181 e. The third-order valence-electron chi connectivity index (χ3n) is 3.11. The number of benzene rings is 2. The van der Waals surface area contributed by atoms with Crippen molar-refractivity contribution in [2.75, 3.05) is 7.11 Å². The van der Waals surface area contributed by atoms with E-state index in [1.165, 1.54) is 19.4 Å². The number of fused-ring (bicyclic) bond motifs is 1. The van der Waals surface area contributed by atoms with E-state index in [0.29, 0.717) is 16.1 Å². The van der Waals surface area contributed by atoms with Gasteiger partial charge in [0.15, 0.2) is 11.6 Å². The van der Waals surface area contributed by atoms with Crippen molar-refractivity contribution in [2.24, 2.45) is 0 Å². The third kappa shape index (κ3) is 2.81. The normalized spacial score (nSPS) is 10.5. The largest absolute Gasteiger partial charge is 0.495 e. The molecule has 0 spiro atoms. The molecule has 0 fully saturated rings. The van der Waals surface area contributed by atoms with Crippen LogP contribution in [-0.2, 0) is 0 Å². The SMILES string of the molecule is COc1cc(Sc2cnc3ccccc3n2)c(F)c(F)c1C#N. The molecule has 3 aromatic rings. The highest BCUT2D eigenvalue weighted by Gasteiger charge is 2.20. The van der Waals surface area contributed by atoms with Crippen molar-refractivity contribution >= 4 is 22.8 Å². The molecular weight excluding hydrogens is 320 g/mol. The molecule has 114 valence electrons. The van der Waals surface area contributed by atoms with Gasteiger partial charge in [-0.15, -0.1) is 0 Å². The average molecular weight is 329 g/mol. The van der Waals surface area contributed by atoms with Crippen LogP contribution >= 0.6 is 11.8 Å². The number of para-hydroxylation sites is 2. The first-order valence-electron chi connectivity index (χ1n) is 6.49. The van der Waals surface area contributed by atoms with Crippen LogP contribution in [0.25, 0.3) is 11.0 Å². The molecule has 0 aliphatic heterocycles. The number of hydrogen-bond acceptors (Lipinski definition) is 5. The lowest BCUT2D eigenvalue weighted by Crippen LogP contribution is -1.98. The fraction of sp³-hybridized carbons (Fsp3) is 0.0625. The minimum Gasteiger partial charge on any atom is -0.495 e. The lowest BCUT2D eigenvalue weighted by atomic mass is 10.2. The van der Waals surface area contributed by atoms with Crippen molar-refractivity contribution in [1.29, 1.82) is 5.26 Å². The van der Waals surface area contributed by atoms with E-state index in [1.807, 2.05) is 18.2 Å². The molecule has 0 radical (unpaired) electrons. The molecule has 0 N–H and O–H groups in total. The lowest BCUT2D eigenvalue weighted by Gasteiger charge is -2.09. The van der Waals surface area contributed by atoms with Gasteiger partial charge in [0.05, 0.1) is 29.2 Å². The fourth-order valence-corrected chi connectivity index (χ4v) is 2.84. The van der Waals surface area contributed by atoms with Crippen LogP contribution in [0.4, 0.5) is 8.78 Å². The number of ether oxygens (including phenoxy) is 1. The molecule has 4 nitrogen and oxygen atoms in total. The Labute approximate surface area is 134 Å². The Kier molecular flexibility index (Phi) is 4.08. The van der Waals surface area contributed by atoms with E-state index in [2.05, 4.69) is 9.97 Å². The molecule has 0 aliphatic rings. The van der Waals surface area contributed by atoms with Gasteiger partial charge in [-0.2, -0.15) is 5.26 Å². The topological polar surface area (TPSA) is 58.8 Å². The van der Waals surface area contributed by atoms with Crippen LogP contribution in [0.15, 0.2) is 46.5 Å². The van der Waals surface area contributed by atoms with E-state index in [9.17, 15) is 8.78 Å². The molecule has 0 unspecified atom stereocenters. The molecular formula is C16H9F2N3OS. The van der Waals surface area contributed by atoms with Crippen molar-refractivity contribution in [3.63, 3.8) is 0 Å².